The maximum Gasteiger partial charge on any atom is 0.327 e. The summed E-state index contributed by atoms with van der Waals surface area (Å²) in [5.41, 5.74) is 0. The van der Waals surface area contributed by atoms with Gasteiger partial charge in [-0.3, -0.25) is 0 Å². The van der Waals surface area contributed by atoms with Gasteiger partial charge in [-0.2, -0.15) is 0 Å². The Morgan fingerprint density at radius 3 is 2.17 bits per heavy atom. The molecular formula is C21H36O2. The standard InChI is InChI=1S/C21H36O2/c1-3-17-20(2)18-15-13-11-9-7-5-4-6-8-10-12-14-16-19-21(22)23/h7,9,13,15-16,19-20H,3-6,8,10-12,14,17-18H2,1-2H3,(H,22,23)/b9-7?,15-13?,19-16-. The predicted octanol–water partition coefficient (Wildman–Crippen LogP) is 6.69. The Morgan fingerprint density at radius 1 is 0.913 bits per heavy atom. The Kier molecular flexibility index (Phi) is 16.1. The third kappa shape index (κ3) is 18.6. The average molecular weight is 321 g/mol. The van der Waals surface area contributed by atoms with Crippen molar-refractivity contribution in [2.24, 2.45) is 5.92 Å². The second kappa shape index (κ2) is 17.1. The molecule has 23 heavy (non-hydrogen) atoms. The van der Waals surface area contributed by atoms with Crippen LogP contribution in [0, 0.1) is 5.92 Å². The lowest BCUT2D eigenvalue weighted by Gasteiger charge is -2.04. The summed E-state index contributed by atoms with van der Waals surface area (Å²) in [6.45, 7) is 4.58. The van der Waals surface area contributed by atoms with E-state index in [1.807, 2.05) is 0 Å². The van der Waals surface area contributed by atoms with Crippen molar-refractivity contribution in [1.82, 2.24) is 0 Å². The number of rotatable bonds is 15. The molecule has 0 aliphatic rings. The predicted molar refractivity (Wildman–Crippen MR) is 101 cm³/mol. The number of carboxylic acids is 1. The first-order chi connectivity index (χ1) is 11.2. The smallest absolute Gasteiger partial charge is 0.327 e. The van der Waals surface area contributed by atoms with Crippen LogP contribution in [0.4, 0.5) is 0 Å². The summed E-state index contributed by atoms with van der Waals surface area (Å²) in [5, 5.41) is 8.45. The molecule has 0 saturated carbocycles. The molecule has 1 unspecified atom stereocenters. The van der Waals surface area contributed by atoms with Gasteiger partial charge >= 0.3 is 5.97 Å². The first-order valence-corrected chi connectivity index (χ1v) is 9.36. The fourth-order valence-electron chi connectivity index (χ4n) is 2.57. The van der Waals surface area contributed by atoms with E-state index in [2.05, 4.69) is 38.2 Å². The summed E-state index contributed by atoms with van der Waals surface area (Å²) in [5.74, 6) is -0.0260. The number of carboxylic acid groups (broad SMARTS) is 1. The molecular weight excluding hydrogens is 284 g/mol. The molecule has 0 aromatic heterocycles. The molecule has 132 valence electrons. The molecule has 1 atom stereocenters. The van der Waals surface area contributed by atoms with Gasteiger partial charge in [-0.05, 0) is 44.4 Å². The average Bonchev–Trinajstić information content (AvgIpc) is 2.51. The Balaban J connectivity index is 3.31. The van der Waals surface area contributed by atoms with E-state index in [0.29, 0.717) is 0 Å². The molecule has 0 bridgehead atoms. The molecule has 0 spiro atoms. The Labute approximate surface area is 143 Å². The summed E-state index contributed by atoms with van der Waals surface area (Å²) in [4.78, 5) is 10.3. The van der Waals surface area contributed by atoms with Crippen molar-refractivity contribution in [2.45, 2.75) is 84.5 Å². The van der Waals surface area contributed by atoms with Crippen LogP contribution in [0.25, 0.3) is 0 Å². The second-order valence-corrected chi connectivity index (χ2v) is 6.39. The van der Waals surface area contributed by atoms with Gasteiger partial charge in [-0.1, -0.05) is 76.3 Å². The second-order valence-electron chi connectivity index (χ2n) is 6.39. The van der Waals surface area contributed by atoms with Gasteiger partial charge in [0.1, 0.15) is 0 Å². The van der Waals surface area contributed by atoms with Crippen molar-refractivity contribution in [1.29, 1.82) is 0 Å². The minimum Gasteiger partial charge on any atom is -0.478 e. The van der Waals surface area contributed by atoms with Crippen LogP contribution < -0.4 is 0 Å². The van der Waals surface area contributed by atoms with Crippen LogP contribution in [0.5, 0.6) is 0 Å². The highest BCUT2D eigenvalue weighted by atomic mass is 16.4. The topological polar surface area (TPSA) is 37.3 Å². The van der Waals surface area contributed by atoms with E-state index in [4.69, 9.17) is 5.11 Å². The summed E-state index contributed by atoms with van der Waals surface area (Å²) in [7, 11) is 0. The number of hydrogen-bond acceptors (Lipinski definition) is 1. The summed E-state index contributed by atoms with van der Waals surface area (Å²) in [6.07, 6.45) is 25.2. The van der Waals surface area contributed by atoms with Gasteiger partial charge in [0.25, 0.3) is 0 Å². The first kappa shape index (κ1) is 21.7. The number of unbranched alkanes of at least 4 members (excludes halogenated alkanes) is 6. The van der Waals surface area contributed by atoms with Gasteiger partial charge in [0.2, 0.25) is 0 Å². The molecule has 2 nitrogen and oxygen atoms in total. The van der Waals surface area contributed by atoms with Crippen LogP contribution >= 0.6 is 0 Å². The van der Waals surface area contributed by atoms with E-state index in [1.165, 1.54) is 57.4 Å². The van der Waals surface area contributed by atoms with Crippen LogP contribution in [0.1, 0.15) is 84.5 Å². The molecule has 0 amide bonds. The van der Waals surface area contributed by atoms with Crippen LogP contribution in [0.2, 0.25) is 0 Å². The van der Waals surface area contributed by atoms with Gasteiger partial charge in [-0.25, -0.2) is 4.79 Å². The van der Waals surface area contributed by atoms with Gasteiger partial charge in [0.15, 0.2) is 0 Å². The van der Waals surface area contributed by atoms with E-state index in [-0.39, 0.29) is 0 Å². The molecule has 0 aliphatic heterocycles. The van der Waals surface area contributed by atoms with Crippen LogP contribution in [-0.4, -0.2) is 11.1 Å². The maximum absolute atomic E-state index is 10.3. The van der Waals surface area contributed by atoms with Crippen LogP contribution in [-0.2, 0) is 4.79 Å². The van der Waals surface area contributed by atoms with Crippen molar-refractivity contribution in [3.05, 3.63) is 36.5 Å². The molecule has 0 aliphatic carbocycles. The minimum absolute atomic E-state index is 0.819. The van der Waals surface area contributed by atoms with Crippen molar-refractivity contribution in [2.75, 3.05) is 0 Å². The number of aliphatic carboxylic acids is 1. The van der Waals surface area contributed by atoms with E-state index >= 15 is 0 Å². The zero-order valence-electron chi connectivity index (χ0n) is 15.2. The quantitative estimate of drug-likeness (QED) is 0.207. The van der Waals surface area contributed by atoms with Gasteiger partial charge in [-0.15, -0.1) is 0 Å². The molecule has 0 radical (unpaired) electrons. The Morgan fingerprint density at radius 2 is 1.52 bits per heavy atom. The van der Waals surface area contributed by atoms with Gasteiger partial charge in [0, 0.05) is 6.08 Å². The lowest BCUT2D eigenvalue weighted by molar-refractivity contribution is -0.131. The number of allylic oxidation sites excluding steroid dienone is 5. The highest BCUT2D eigenvalue weighted by Crippen LogP contribution is 2.11. The summed E-state index contributed by atoms with van der Waals surface area (Å²) in [6, 6.07) is 0. The fraction of sp³-hybridized carbons (Fsp3) is 0.667. The summed E-state index contributed by atoms with van der Waals surface area (Å²) >= 11 is 0. The van der Waals surface area contributed by atoms with Crippen LogP contribution in [0.3, 0.4) is 0 Å². The SMILES string of the molecule is CCCC(C)CC=CCC=CCCCCCCC/C=C\C(=O)O. The molecule has 0 rings (SSSR count). The highest BCUT2D eigenvalue weighted by molar-refractivity contribution is 5.79. The zero-order chi connectivity index (χ0) is 17.2. The molecule has 0 saturated heterocycles. The third-order valence-electron chi connectivity index (χ3n) is 3.93. The lowest BCUT2D eigenvalue weighted by atomic mass is 10.0. The molecule has 1 N–H and O–H groups in total. The molecule has 0 fully saturated rings. The highest BCUT2D eigenvalue weighted by Gasteiger charge is 1.95. The van der Waals surface area contributed by atoms with Gasteiger partial charge in [0.05, 0.1) is 0 Å². The molecule has 0 aromatic carbocycles. The van der Waals surface area contributed by atoms with Gasteiger partial charge < -0.3 is 5.11 Å². The van der Waals surface area contributed by atoms with E-state index in [0.717, 1.165) is 25.2 Å². The largest absolute Gasteiger partial charge is 0.478 e. The monoisotopic (exact) mass is 320 g/mol. The Bertz CT molecular complexity index is 353. The third-order valence-corrected chi connectivity index (χ3v) is 3.93. The first-order valence-electron chi connectivity index (χ1n) is 9.36. The van der Waals surface area contributed by atoms with E-state index in [1.54, 1.807) is 6.08 Å². The lowest BCUT2D eigenvalue weighted by Crippen LogP contribution is -1.90. The fourth-order valence-corrected chi connectivity index (χ4v) is 2.57. The molecule has 0 heterocycles. The van der Waals surface area contributed by atoms with Crippen LogP contribution in [0.15, 0.2) is 36.5 Å². The zero-order valence-corrected chi connectivity index (χ0v) is 15.2. The van der Waals surface area contributed by atoms with Crippen molar-refractivity contribution < 1.29 is 9.90 Å². The van der Waals surface area contributed by atoms with E-state index in [9.17, 15) is 4.79 Å². The van der Waals surface area contributed by atoms with Crippen molar-refractivity contribution >= 4 is 5.97 Å². The van der Waals surface area contributed by atoms with Crippen molar-refractivity contribution in [3.63, 3.8) is 0 Å². The Hall–Kier alpha value is -1.31. The summed E-state index contributed by atoms with van der Waals surface area (Å²) < 4.78 is 0. The molecule has 2 heteroatoms. The maximum atomic E-state index is 10.3. The molecule has 0 aromatic rings. The minimum atomic E-state index is -0.845. The number of hydrogen-bond donors (Lipinski definition) is 1. The van der Waals surface area contributed by atoms with Crippen molar-refractivity contribution in [3.8, 4) is 0 Å². The normalized spacial score (nSPS) is 13.5. The van der Waals surface area contributed by atoms with E-state index < -0.39 is 5.97 Å². The number of carbonyl (C=O) groups is 1.